The van der Waals surface area contributed by atoms with Gasteiger partial charge in [0.1, 0.15) is 0 Å². The molecule has 3 fully saturated rings. The molecule has 0 amide bonds. The van der Waals surface area contributed by atoms with Crippen molar-refractivity contribution in [1.29, 1.82) is 0 Å². The second kappa shape index (κ2) is 4.96. The number of ketones is 1. The molecule has 7 atom stereocenters. The Labute approximate surface area is 129 Å². The normalized spacial score (nSPS) is 52.8. The monoisotopic (exact) mass is 286 g/mol. The fraction of sp³-hybridized carbons (Fsp3) is 0.850. The highest BCUT2D eigenvalue weighted by Crippen LogP contribution is 2.59. The van der Waals surface area contributed by atoms with Crippen LogP contribution in [0, 0.1) is 40.9 Å². The Kier molecular flexibility index (Phi) is 3.32. The largest absolute Gasteiger partial charge is 0.294 e. The molecule has 4 aliphatic rings. The van der Waals surface area contributed by atoms with E-state index in [1.54, 1.807) is 0 Å². The third-order valence-corrected chi connectivity index (χ3v) is 7.83. The number of rotatable bonds is 0. The smallest absolute Gasteiger partial charge is 0.161 e. The van der Waals surface area contributed by atoms with E-state index in [4.69, 9.17) is 0 Å². The third kappa shape index (κ3) is 2.06. The summed E-state index contributed by atoms with van der Waals surface area (Å²) in [6.07, 6.45) is 14.9. The predicted octanol–water partition coefficient (Wildman–Crippen LogP) is 5.01. The molecule has 3 saturated carbocycles. The first-order chi connectivity index (χ1) is 10.1. The van der Waals surface area contributed by atoms with Crippen molar-refractivity contribution < 1.29 is 4.79 Å². The summed E-state index contributed by atoms with van der Waals surface area (Å²) >= 11 is 0. The summed E-state index contributed by atoms with van der Waals surface area (Å²) in [7, 11) is 0. The summed E-state index contributed by atoms with van der Waals surface area (Å²) in [5, 5.41) is 0. The third-order valence-electron chi connectivity index (χ3n) is 7.83. The van der Waals surface area contributed by atoms with Crippen molar-refractivity contribution in [1.82, 2.24) is 0 Å². The van der Waals surface area contributed by atoms with Gasteiger partial charge in [0.05, 0.1) is 0 Å². The lowest BCUT2D eigenvalue weighted by Crippen LogP contribution is -2.52. The van der Waals surface area contributed by atoms with Crippen LogP contribution in [0.3, 0.4) is 0 Å². The van der Waals surface area contributed by atoms with E-state index in [-0.39, 0.29) is 5.41 Å². The Bertz CT molecular complexity index is 464. The second-order valence-corrected chi connectivity index (χ2v) is 8.81. The van der Waals surface area contributed by atoms with Gasteiger partial charge < -0.3 is 0 Å². The molecule has 0 aromatic rings. The Morgan fingerprint density at radius 3 is 2.71 bits per heavy atom. The Morgan fingerprint density at radius 2 is 1.86 bits per heavy atom. The molecule has 0 spiro atoms. The van der Waals surface area contributed by atoms with E-state index in [9.17, 15) is 4.79 Å². The van der Waals surface area contributed by atoms with Crippen LogP contribution >= 0.6 is 0 Å². The fourth-order valence-electron chi connectivity index (χ4n) is 6.66. The van der Waals surface area contributed by atoms with Crippen LogP contribution in [0.4, 0.5) is 0 Å². The van der Waals surface area contributed by atoms with Gasteiger partial charge in [-0.15, -0.1) is 0 Å². The van der Waals surface area contributed by atoms with E-state index in [2.05, 4.69) is 19.9 Å². The van der Waals surface area contributed by atoms with E-state index in [0.717, 1.165) is 42.4 Å². The molecular weight excluding hydrogens is 256 g/mol. The van der Waals surface area contributed by atoms with Crippen molar-refractivity contribution in [3.8, 4) is 0 Å². The number of carbonyl (C=O) groups excluding carboxylic acids is 1. The molecule has 0 heterocycles. The Morgan fingerprint density at radius 1 is 1.05 bits per heavy atom. The zero-order valence-corrected chi connectivity index (χ0v) is 13.7. The molecule has 116 valence electrons. The molecule has 0 aliphatic heterocycles. The van der Waals surface area contributed by atoms with Crippen molar-refractivity contribution >= 4 is 5.78 Å². The van der Waals surface area contributed by atoms with Crippen LogP contribution in [0.1, 0.15) is 65.2 Å². The minimum atomic E-state index is -0.0231. The molecule has 0 saturated heterocycles. The van der Waals surface area contributed by atoms with Crippen molar-refractivity contribution in [3.63, 3.8) is 0 Å². The van der Waals surface area contributed by atoms with E-state index in [1.165, 1.54) is 38.5 Å². The highest BCUT2D eigenvalue weighted by molar-refractivity contribution is 5.95. The average Bonchev–Trinajstić information content (AvgIpc) is 2.48. The summed E-state index contributed by atoms with van der Waals surface area (Å²) in [5.41, 5.74) is -0.0231. The highest BCUT2D eigenvalue weighted by atomic mass is 16.1. The minimum Gasteiger partial charge on any atom is -0.294 e. The van der Waals surface area contributed by atoms with Gasteiger partial charge in [-0.3, -0.25) is 4.79 Å². The molecule has 1 nitrogen and oxygen atoms in total. The Balaban J connectivity index is 1.60. The molecule has 0 radical (unpaired) electrons. The summed E-state index contributed by atoms with van der Waals surface area (Å²) in [4.78, 5) is 12.5. The predicted molar refractivity (Wildman–Crippen MR) is 85.8 cm³/mol. The number of hydrogen-bond donors (Lipinski definition) is 0. The Hall–Kier alpha value is -0.590. The van der Waals surface area contributed by atoms with E-state index < -0.39 is 0 Å². The lowest BCUT2D eigenvalue weighted by atomic mass is 9.47. The van der Waals surface area contributed by atoms with Crippen LogP contribution in [-0.4, -0.2) is 5.78 Å². The summed E-state index contributed by atoms with van der Waals surface area (Å²) in [6, 6.07) is 0. The average molecular weight is 286 g/mol. The van der Waals surface area contributed by atoms with Gasteiger partial charge in [-0.2, -0.15) is 0 Å². The van der Waals surface area contributed by atoms with Crippen LogP contribution in [0.5, 0.6) is 0 Å². The van der Waals surface area contributed by atoms with E-state index in [0.29, 0.717) is 11.7 Å². The van der Waals surface area contributed by atoms with E-state index >= 15 is 0 Å². The van der Waals surface area contributed by atoms with Crippen LogP contribution in [0.15, 0.2) is 12.2 Å². The molecule has 0 bridgehead atoms. The van der Waals surface area contributed by atoms with Gasteiger partial charge in [0, 0.05) is 5.41 Å². The number of allylic oxidation sites excluding steroid dienone is 2. The summed E-state index contributed by atoms with van der Waals surface area (Å²) < 4.78 is 0. The lowest BCUT2D eigenvalue weighted by molar-refractivity contribution is -0.137. The molecule has 0 N–H and O–H groups in total. The molecule has 4 rings (SSSR count). The van der Waals surface area contributed by atoms with E-state index in [1.807, 2.05) is 6.08 Å². The summed E-state index contributed by atoms with van der Waals surface area (Å²) in [6.45, 7) is 4.72. The van der Waals surface area contributed by atoms with Crippen molar-refractivity contribution in [3.05, 3.63) is 12.2 Å². The van der Waals surface area contributed by atoms with Crippen molar-refractivity contribution in [2.24, 2.45) is 40.9 Å². The molecule has 21 heavy (non-hydrogen) atoms. The fourth-order valence-corrected chi connectivity index (χ4v) is 6.66. The maximum Gasteiger partial charge on any atom is 0.161 e. The topological polar surface area (TPSA) is 17.1 Å². The number of hydrogen-bond acceptors (Lipinski definition) is 1. The zero-order valence-electron chi connectivity index (χ0n) is 13.7. The molecule has 4 aliphatic carbocycles. The quantitative estimate of drug-likeness (QED) is 0.611. The van der Waals surface area contributed by atoms with Gasteiger partial charge in [-0.1, -0.05) is 26.3 Å². The van der Waals surface area contributed by atoms with Gasteiger partial charge in [0.15, 0.2) is 5.78 Å². The molecule has 7 unspecified atom stereocenters. The van der Waals surface area contributed by atoms with Crippen molar-refractivity contribution in [2.45, 2.75) is 65.2 Å². The SMILES string of the molecule is CC1CCC2C(CCC3C2CCC2(C)C(=O)C=CCC32)C1. The van der Waals surface area contributed by atoms with Crippen molar-refractivity contribution in [2.75, 3.05) is 0 Å². The zero-order chi connectivity index (χ0) is 14.6. The first kappa shape index (κ1) is 14.0. The molecule has 1 heteroatoms. The maximum absolute atomic E-state index is 12.5. The van der Waals surface area contributed by atoms with Crippen LogP contribution in [0.2, 0.25) is 0 Å². The van der Waals surface area contributed by atoms with Gasteiger partial charge in [0.2, 0.25) is 0 Å². The van der Waals surface area contributed by atoms with Crippen LogP contribution in [0.25, 0.3) is 0 Å². The first-order valence-corrected chi connectivity index (χ1v) is 9.30. The molecule has 0 aromatic heterocycles. The lowest BCUT2D eigenvalue weighted by Gasteiger charge is -2.57. The van der Waals surface area contributed by atoms with Gasteiger partial charge in [0.25, 0.3) is 0 Å². The maximum atomic E-state index is 12.5. The van der Waals surface area contributed by atoms with Gasteiger partial charge in [-0.05, 0) is 86.5 Å². The first-order valence-electron chi connectivity index (χ1n) is 9.30. The van der Waals surface area contributed by atoms with Crippen LogP contribution < -0.4 is 0 Å². The number of fused-ring (bicyclic) bond motifs is 5. The highest BCUT2D eigenvalue weighted by Gasteiger charge is 2.54. The summed E-state index contributed by atoms with van der Waals surface area (Å²) in [5.74, 6) is 5.81. The van der Waals surface area contributed by atoms with Gasteiger partial charge in [-0.25, -0.2) is 0 Å². The standard InChI is InChI=1S/C20H30O/c1-13-6-8-15-14(12-13)7-9-17-16(15)10-11-20(2)18(17)4-3-5-19(20)21/h3,5,13-18H,4,6-12H2,1-2H3. The van der Waals surface area contributed by atoms with Gasteiger partial charge >= 0.3 is 0 Å². The molecule has 0 aromatic carbocycles. The van der Waals surface area contributed by atoms with Crippen LogP contribution in [-0.2, 0) is 4.79 Å². The number of carbonyl (C=O) groups is 1. The second-order valence-electron chi connectivity index (χ2n) is 8.81. The molecular formula is C20H30O. The minimum absolute atomic E-state index is 0.0231.